The van der Waals surface area contributed by atoms with Gasteiger partial charge in [0.25, 0.3) is 0 Å². The average Bonchev–Trinajstić information content (AvgIpc) is 2.72. The molecule has 0 aliphatic rings. The van der Waals surface area contributed by atoms with Gasteiger partial charge in [0.15, 0.2) is 0 Å². The number of alkyl halides is 6. The number of aliphatic hydroxyl groups is 2. The van der Waals surface area contributed by atoms with E-state index in [9.17, 15) is 40.8 Å². The van der Waals surface area contributed by atoms with Gasteiger partial charge >= 0.3 is 12.4 Å². The zero-order valence-electron chi connectivity index (χ0n) is 16.8. The molecule has 4 nitrogen and oxygen atoms in total. The van der Waals surface area contributed by atoms with E-state index in [0.29, 0.717) is 31.4 Å². The molecule has 4 N–H and O–H groups in total. The van der Waals surface area contributed by atoms with Crippen LogP contribution in [0.5, 0.6) is 0 Å². The first-order chi connectivity index (χ1) is 14.8. The highest BCUT2D eigenvalue weighted by molar-refractivity contribution is 7.84. The first kappa shape index (κ1) is 26.3. The first-order valence-corrected chi connectivity index (χ1v) is 10.9. The molecule has 0 amide bonds. The molecule has 0 saturated carbocycles. The van der Waals surface area contributed by atoms with Gasteiger partial charge in [0.05, 0.1) is 46.4 Å². The van der Waals surface area contributed by atoms with Crippen LogP contribution >= 0.6 is 0 Å². The maximum atomic E-state index is 13.0. The van der Waals surface area contributed by atoms with Crippen molar-refractivity contribution in [2.24, 2.45) is 5.73 Å². The molecule has 0 spiro atoms. The van der Waals surface area contributed by atoms with Crippen LogP contribution in [0.15, 0.2) is 47.4 Å². The van der Waals surface area contributed by atoms with E-state index in [4.69, 9.17) is 5.73 Å². The summed E-state index contributed by atoms with van der Waals surface area (Å²) in [6.45, 7) is -0.736. The van der Waals surface area contributed by atoms with Crippen molar-refractivity contribution in [1.29, 1.82) is 0 Å². The summed E-state index contributed by atoms with van der Waals surface area (Å²) in [6.07, 6.45) is -8.46. The first-order valence-electron chi connectivity index (χ1n) is 9.54. The molecular formula is C21H23F6NO3S. The fourth-order valence-corrected chi connectivity index (χ4v) is 4.07. The molecule has 0 aliphatic carbocycles. The largest absolute Gasteiger partial charge is 0.416 e. The molecule has 1 atom stereocenters. The lowest BCUT2D eigenvalue weighted by Crippen LogP contribution is -2.47. The number of nitrogens with two attached hydrogens (primary N) is 1. The van der Waals surface area contributed by atoms with Gasteiger partial charge in [-0.15, -0.1) is 0 Å². The van der Waals surface area contributed by atoms with Gasteiger partial charge in [-0.25, -0.2) is 0 Å². The summed E-state index contributed by atoms with van der Waals surface area (Å²) >= 11 is 0. The van der Waals surface area contributed by atoms with Crippen LogP contribution in [0, 0.1) is 0 Å². The summed E-state index contributed by atoms with van der Waals surface area (Å²) < 4.78 is 90.4. The Hall–Kier alpha value is -1.95. The zero-order valence-corrected chi connectivity index (χ0v) is 17.7. The van der Waals surface area contributed by atoms with E-state index in [-0.39, 0.29) is 29.7 Å². The summed E-state index contributed by atoms with van der Waals surface area (Å²) in [5, 5.41) is 18.4. The quantitative estimate of drug-likeness (QED) is 0.471. The van der Waals surface area contributed by atoms with E-state index < -0.39 is 45.6 Å². The Morgan fingerprint density at radius 1 is 0.812 bits per heavy atom. The number of halogens is 6. The molecule has 2 aromatic carbocycles. The highest BCUT2D eigenvalue weighted by Crippen LogP contribution is 2.36. The Labute approximate surface area is 183 Å². The van der Waals surface area contributed by atoms with Gasteiger partial charge in [0.2, 0.25) is 0 Å². The van der Waals surface area contributed by atoms with Gasteiger partial charge < -0.3 is 15.9 Å². The third kappa shape index (κ3) is 7.29. The fraction of sp³-hybridized carbons (Fsp3) is 0.429. The van der Waals surface area contributed by atoms with Crippen molar-refractivity contribution in [2.75, 3.05) is 13.2 Å². The second kappa shape index (κ2) is 10.3. The second-order valence-electron chi connectivity index (χ2n) is 7.58. The predicted octanol–water partition coefficient (Wildman–Crippen LogP) is 4.04. The Morgan fingerprint density at radius 3 is 1.75 bits per heavy atom. The molecule has 32 heavy (non-hydrogen) atoms. The Bertz CT molecular complexity index is 892. The van der Waals surface area contributed by atoms with Crippen molar-refractivity contribution in [1.82, 2.24) is 0 Å². The molecule has 2 rings (SSSR count). The van der Waals surface area contributed by atoms with E-state index >= 15 is 0 Å². The second-order valence-corrected chi connectivity index (χ2v) is 9.03. The number of aliphatic hydroxyl groups excluding tert-OH is 2. The zero-order chi connectivity index (χ0) is 24.2. The maximum absolute atomic E-state index is 13.0. The van der Waals surface area contributed by atoms with Crippen LogP contribution in [-0.2, 0) is 35.3 Å². The standard InChI is InChI=1S/C21H23F6NO3S/c22-20(23,24)16-8-15(9-17(10-16)21(25,26)27)11-32(31)18-5-3-14(4-6-18)2-1-7-19(28,12-29)13-30/h3-6,8-10,29-30H,1-2,7,11-13,28H2. The number of rotatable bonds is 9. The van der Waals surface area contributed by atoms with Crippen molar-refractivity contribution < 1.29 is 40.8 Å². The third-order valence-electron chi connectivity index (χ3n) is 4.90. The Kier molecular flexibility index (Phi) is 8.49. The molecule has 0 fully saturated rings. The minimum Gasteiger partial charge on any atom is -0.394 e. The summed E-state index contributed by atoms with van der Waals surface area (Å²) in [7, 11) is -1.86. The highest BCUT2D eigenvalue weighted by atomic mass is 32.2. The molecular weight excluding hydrogens is 460 g/mol. The van der Waals surface area contributed by atoms with Crippen LogP contribution in [0.3, 0.4) is 0 Å². The van der Waals surface area contributed by atoms with E-state index in [1.807, 2.05) is 0 Å². The Balaban J connectivity index is 2.11. The van der Waals surface area contributed by atoms with Crippen LogP contribution in [0.4, 0.5) is 26.3 Å². The van der Waals surface area contributed by atoms with Gasteiger partial charge in [-0.3, -0.25) is 4.21 Å². The normalized spacial score (nSPS) is 13.9. The minimum absolute atomic E-state index is 0.0326. The van der Waals surface area contributed by atoms with Crippen LogP contribution in [0.2, 0.25) is 0 Å². The number of hydrogen-bond acceptors (Lipinski definition) is 4. The van der Waals surface area contributed by atoms with E-state index in [2.05, 4.69) is 0 Å². The van der Waals surface area contributed by atoms with E-state index in [0.717, 1.165) is 5.56 Å². The maximum Gasteiger partial charge on any atom is 0.416 e. The van der Waals surface area contributed by atoms with Gasteiger partial charge in [0.1, 0.15) is 0 Å². The number of benzene rings is 2. The Morgan fingerprint density at radius 2 is 1.31 bits per heavy atom. The van der Waals surface area contributed by atoms with Gasteiger partial charge in [0, 0.05) is 4.90 Å². The van der Waals surface area contributed by atoms with Crippen molar-refractivity contribution in [3.8, 4) is 0 Å². The molecule has 0 aromatic heterocycles. The molecule has 0 bridgehead atoms. The lowest BCUT2D eigenvalue weighted by Gasteiger charge is -2.24. The van der Waals surface area contributed by atoms with Crippen LogP contribution in [0.25, 0.3) is 0 Å². The molecule has 0 radical (unpaired) electrons. The van der Waals surface area contributed by atoms with Crippen molar-refractivity contribution >= 4 is 10.8 Å². The third-order valence-corrected chi connectivity index (χ3v) is 6.29. The number of hydrogen-bond donors (Lipinski definition) is 3. The van der Waals surface area contributed by atoms with Crippen molar-refractivity contribution in [3.05, 3.63) is 64.7 Å². The van der Waals surface area contributed by atoms with Crippen LogP contribution < -0.4 is 5.73 Å². The lowest BCUT2D eigenvalue weighted by molar-refractivity contribution is -0.143. The summed E-state index contributed by atoms with van der Waals surface area (Å²) in [5.41, 5.74) is 2.32. The summed E-state index contributed by atoms with van der Waals surface area (Å²) in [4.78, 5) is 0.263. The smallest absolute Gasteiger partial charge is 0.394 e. The predicted molar refractivity (Wildman–Crippen MR) is 107 cm³/mol. The highest BCUT2D eigenvalue weighted by Gasteiger charge is 2.37. The molecule has 0 saturated heterocycles. The molecule has 0 heterocycles. The summed E-state index contributed by atoms with van der Waals surface area (Å²) in [5.74, 6) is -0.505. The van der Waals surface area contributed by atoms with E-state index in [1.165, 1.54) is 12.1 Å². The minimum atomic E-state index is -4.97. The summed E-state index contributed by atoms with van der Waals surface area (Å²) in [6, 6.07) is 7.47. The van der Waals surface area contributed by atoms with Gasteiger partial charge in [-0.05, 0) is 60.7 Å². The molecule has 2 aromatic rings. The average molecular weight is 483 g/mol. The monoisotopic (exact) mass is 483 g/mol. The van der Waals surface area contributed by atoms with Crippen molar-refractivity contribution in [2.45, 2.75) is 47.8 Å². The number of aryl methyl sites for hydroxylation is 1. The van der Waals surface area contributed by atoms with Gasteiger partial charge in [-0.1, -0.05) is 12.1 Å². The molecule has 11 heteroatoms. The van der Waals surface area contributed by atoms with Crippen LogP contribution in [-0.4, -0.2) is 33.2 Å². The molecule has 1 unspecified atom stereocenters. The molecule has 0 aliphatic heterocycles. The van der Waals surface area contributed by atoms with Gasteiger partial charge in [-0.2, -0.15) is 26.3 Å². The topological polar surface area (TPSA) is 83.6 Å². The van der Waals surface area contributed by atoms with Crippen molar-refractivity contribution in [3.63, 3.8) is 0 Å². The lowest BCUT2D eigenvalue weighted by atomic mass is 9.94. The molecule has 178 valence electrons. The SMILES string of the molecule is NC(CO)(CO)CCCc1ccc(S(=O)Cc2cc(C(F)(F)F)cc(C(F)(F)F)c2)cc1. The van der Waals surface area contributed by atoms with Crippen LogP contribution in [0.1, 0.15) is 35.1 Å². The fourth-order valence-electron chi connectivity index (χ4n) is 3.00. The van der Waals surface area contributed by atoms with E-state index in [1.54, 1.807) is 12.1 Å².